The Morgan fingerprint density at radius 1 is 1.43 bits per heavy atom. The van der Waals surface area contributed by atoms with Crippen LogP contribution in [-0.2, 0) is 6.42 Å². The minimum atomic E-state index is 0.198. The third kappa shape index (κ3) is 1.59. The number of hydrogen-bond acceptors (Lipinski definition) is 1. The molecule has 1 aromatic carbocycles. The molecule has 0 unspecified atom stereocenters. The number of ketones is 1. The molecule has 1 aromatic rings. The van der Waals surface area contributed by atoms with Gasteiger partial charge in [0.05, 0.1) is 0 Å². The minimum absolute atomic E-state index is 0.198. The Kier molecular flexibility index (Phi) is 2.40. The van der Waals surface area contributed by atoms with Gasteiger partial charge in [0, 0.05) is 5.56 Å². The lowest BCUT2D eigenvalue weighted by atomic mass is 9.94. The second-order valence-electron chi connectivity index (χ2n) is 4.06. The third-order valence-corrected chi connectivity index (χ3v) is 2.96. The summed E-state index contributed by atoms with van der Waals surface area (Å²) in [6.45, 7) is 3.79. The quantitative estimate of drug-likeness (QED) is 0.665. The highest BCUT2D eigenvalue weighted by atomic mass is 16.1. The first-order chi connectivity index (χ1) is 6.74. The van der Waals surface area contributed by atoms with Crippen LogP contribution in [0.15, 0.2) is 18.2 Å². The van der Waals surface area contributed by atoms with E-state index in [0.717, 1.165) is 17.9 Å². The average molecular weight is 188 g/mol. The van der Waals surface area contributed by atoms with Gasteiger partial charge < -0.3 is 0 Å². The van der Waals surface area contributed by atoms with Crippen LogP contribution < -0.4 is 0 Å². The maximum absolute atomic E-state index is 11.4. The van der Waals surface area contributed by atoms with Crippen molar-refractivity contribution in [1.82, 2.24) is 0 Å². The molecule has 0 aromatic heterocycles. The molecule has 0 aliphatic heterocycles. The van der Waals surface area contributed by atoms with E-state index in [0.29, 0.717) is 0 Å². The molecule has 1 nitrogen and oxygen atoms in total. The van der Waals surface area contributed by atoms with Gasteiger partial charge in [0.15, 0.2) is 5.78 Å². The summed E-state index contributed by atoms with van der Waals surface area (Å²) in [6.07, 6.45) is 3.57. The first-order valence-electron chi connectivity index (χ1n) is 5.36. The van der Waals surface area contributed by atoms with Gasteiger partial charge in [-0.05, 0) is 43.2 Å². The smallest absolute Gasteiger partial charge is 0.160 e. The third-order valence-electron chi connectivity index (χ3n) is 2.96. The number of Topliss-reactive ketones (excluding diaryl/α,β-unsaturated/α-hetero) is 1. The predicted octanol–water partition coefficient (Wildman–Crippen LogP) is 3.33. The highest BCUT2D eigenvalue weighted by Crippen LogP contribution is 2.42. The molecule has 0 spiro atoms. The molecule has 74 valence electrons. The van der Waals surface area contributed by atoms with Gasteiger partial charge in [-0.1, -0.05) is 25.1 Å². The molecular formula is C13H16O. The van der Waals surface area contributed by atoms with Crippen molar-refractivity contribution >= 4 is 5.78 Å². The van der Waals surface area contributed by atoms with Gasteiger partial charge in [-0.15, -0.1) is 0 Å². The Labute approximate surface area is 85.1 Å². The van der Waals surface area contributed by atoms with Crippen LogP contribution in [0.1, 0.15) is 54.1 Å². The van der Waals surface area contributed by atoms with E-state index in [1.807, 2.05) is 12.1 Å². The lowest BCUT2D eigenvalue weighted by Gasteiger charge is -2.10. The van der Waals surface area contributed by atoms with Crippen LogP contribution in [0, 0.1) is 0 Å². The first kappa shape index (κ1) is 9.45. The molecular weight excluding hydrogens is 172 g/mol. The zero-order chi connectivity index (χ0) is 10.1. The molecule has 1 heteroatoms. The molecule has 0 radical (unpaired) electrons. The van der Waals surface area contributed by atoms with Crippen molar-refractivity contribution in [1.29, 1.82) is 0 Å². The summed E-state index contributed by atoms with van der Waals surface area (Å²) in [6, 6.07) is 6.15. The SMILES string of the molecule is CCc1c(C(C)=O)cccc1C1CC1. The molecule has 0 atom stereocenters. The minimum Gasteiger partial charge on any atom is -0.295 e. The van der Waals surface area contributed by atoms with Crippen LogP contribution in [-0.4, -0.2) is 5.78 Å². The number of hydrogen-bond donors (Lipinski definition) is 0. The Hall–Kier alpha value is -1.11. The highest BCUT2D eigenvalue weighted by molar-refractivity contribution is 5.96. The van der Waals surface area contributed by atoms with Crippen molar-refractivity contribution < 1.29 is 4.79 Å². The second-order valence-corrected chi connectivity index (χ2v) is 4.06. The predicted molar refractivity (Wildman–Crippen MR) is 57.8 cm³/mol. The zero-order valence-electron chi connectivity index (χ0n) is 8.84. The molecule has 1 aliphatic carbocycles. The van der Waals surface area contributed by atoms with Crippen LogP contribution in [0.2, 0.25) is 0 Å². The van der Waals surface area contributed by atoms with Crippen LogP contribution in [0.3, 0.4) is 0 Å². The maximum atomic E-state index is 11.4. The van der Waals surface area contributed by atoms with E-state index in [4.69, 9.17) is 0 Å². The number of benzene rings is 1. The topological polar surface area (TPSA) is 17.1 Å². The van der Waals surface area contributed by atoms with Crippen molar-refractivity contribution in [2.45, 2.75) is 39.0 Å². The molecule has 0 bridgehead atoms. The van der Waals surface area contributed by atoms with Gasteiger partial charge in [-0.3, -0.25) is 4.79 Å². The van der Waals surface area contributed by atoms with Crippen molar-refractivity contribution in [3.63, 3.8) is 0 Å². The van der Waals surface area contributed by atoms with Crippen molar-refractivity contribution in [2.75, 3.05) is 0 Å². The largest absolute Gasteiger partial charge is 0.295 e. The summed E-state index contributed by atoms with van der Waals surface area (Å²) >= 11 is 0. The van der Waals surface area contributed by atoms with Crippen molar-refractivity contribution in [3.05, 3.63) is 34.9 Å². The van der Waals surface area contributed by atoms with E-state index >= 15 is 0 Å². The van der Waals surface area contributed by atoms with Gasteiger partial charge in [0.2, 0.25) is 0 Å². The zero-order valence-corrected chi connectivity index (χ0v) is 8.84. The number of rotatable bonds is 3. The fourth-order valence-electron chi connectivity index (χ4n) is 2.11. The summed E-state index contributed by atoms with van der Waals surface area (Å²) in [5.74, 6) is 0.939. The maximum Gasteiger partial charge on any atom is 0.160 e. The van der Waals surface area contributed by atoms with Gasteiger partial charge in [0.25, 0.3) is 0 Å². The van der Waals surface area contributed by atoms with E-state index in [1.165, 1.54) is 24.0 Å². The number of carbonyl (C=O) groups excluding carboxylic acids is 1. The van der Waals surface area contributed by atoms with E-state index in [-0.39, 0.29) is 5.78 Å². The molecule has 0 amide bonds. The van der Waals surface area contributed by atoms with Gasteiger partial charge in [-0.25, -0.2) is 0 Å². The number of carbonyl (C=O) groups is 1. The lowest BCUT2D eigenvalue weighted by molar-refractivity contribution is 0.101. The van der Waals surface area contributed by atoms with Crippen LogP contribution in [0.5, 0.6) is 0 Å². The Morgan fingerprint density at radius 2 is 2.14 bits per heavy atom. The van der Waals surface area contributed by atoms with Crippen molar-refractivity contribution in [2.24, 2.45) is 0 Å². The van der Waals surface area contributed by atoms with Crippen LogP contribution >= 0.6 is 0 Å². The highest BCUT2D eigenvalue weighted by Gasteiger charge is 2.26. The average Bonchev–Trinajstić information content (AvgIpc) is 2.99. The fourth-order valence-corrected chi connectivity index (χ4v) is 2.11. The second kappa shape index (κ2) is 3.56. The summed E-state index contributed by atoms with van der Waals surface area (Å²) < 4.78 is 0. The van der Waals surface area contributed by atoms with Gasteiger partial charge >= 0.3 is 0 Å². The molecule has 1 aliphatic rings. The standard InChI is InChI=1S/C13H16O/c1-3-11-12(9(2)14)5-4-6-13(11)10-7-8-10/h4-6,10H,3,7-8H2,1-2H3. The van der Waals surface area contributed by atoms with E-state index in [9.17, 15) is 4.79 Å². The molecule has 0 saturated heterocycles. The van der Waals surface area contributed by atoms with E-state index in [1.54, 1.807) is 6.92 Å². The summed E-state index contributed by atoms with van der Waals surface area (Å²) in [4.78, 5) is 11.4. The molecule has 2 rings (SSSR count). The Morgan fingerprint density at radius 3 is 2.64 bits per heavy atom. The Bertz CT molecular complexity index is 361. The van der Waals surface area contributed by atoms with Gasteiger partial charge in [-0.2, -0.15) is 0 Å². The van der Waals surface area contributed by atoms with E-state index in [2.05, 4.69) is 13.0 Å². The monoisotopic (exact) mass is 188 g/mol. The molecule has 1 fully saturated rings. The summed E-state index contributed by atoms with van der Waals surface area (Å²) in [7, 11) is 0. The molecule has 1 saturated carbocycles. The first-order valence-corrected chi connectivity index (χ1v) is 5.36. The van der Waals surface area contributed by atoms with Crippen LogP contribution in [0.4, 0.5) is 0 Å². The molecule has 14 heavy (non-hydrogen) atoms. The lowest BCUT2D eigenvalue weighted by Crippen LogP contribution is -2.02. The Balaban J connectivity index is 2.49. The van der Waals surface area contributed by atoms with E-state index < -0.39 is 0 Å². The summed E-state index contributed by atoms with van der Waals surface area (Å²) in [5, 5.41) is 0. The molecule has 0 N–H and O–H groups in total. The normalized spacial score (nSPS) is 15.6. The van der Waals surface area contributed by atoms with Crippen molar-refractivity contribution in [3.8, 4) is 0 Å². The summed E-state index contributed by atoms with van der Waals surface area (Å²) in [5.41, 5.74) is 3.62. The van der Waals surface area contributed by atoms with Gasteiger partial charge in [0.1, 0.15) is 0 Å². The fraction of sp³-hybridized carbons (Fsp3) is 0.462. The van der Waals surface area contributed by atoms with Crippen LogP contribution in [0.25, 0.3) is 0 Å². The molecule has 0 heterocycles.